The molecule has 1 amide bonds. The lowest BCUT2D eigenvalue weighted by Crippen LogP contribution is -2.24. The molecule has 0 unspecified atom stereocenters. The van der Waals surface area contributed by atoms with E-state index >= 15 is 0 Å². The van der Waals surface area contributed by atoms with Crippen molar-refractivity contribution in [2.24, 2.45) is 7.05 Å². The number of amides is 1. The fraction of sp³-hybridized carbons (Fsp3) is 0.391. The van der Waals surface area contributed by atoms with Crippen LogP contribution in [0.2, 0.25) is 0 Å². The highest BCUT2D eigenvalue weighted by molar-refractivity contribution is 5.77. The van der Waals surface area contributed by atoms with Gasteiger partial charge in [0.05, 0.1) is 24.2 Å². The van der Waals surface area contributed by atoms with Crippen molar-refractivity contribution in [1.29, 1.82) is 0 Å². The Morgan fingerprint density at radius 2 is 1.82 bits per heavy atom. The van der Waals surface area contributed by atoms with Gasteiger partial charge in [0, 0.05) is 13.5 Å². The summed E-state index contributed by atoms with van der Waals surface area (Å²) >= 11 is 0. The molecule has 3 rings (SSSR count). The molecular formula is C23H29N3O2. The molecule has 0 fully saturated rings. The third-order valence-corrected chi connectivity index (χ3v) is 4.86. The van der Waals surface area contributed by atoms with E-state index in [-0.39, 0.29) is 11.3 Å². The average molecular weight is 380 g/mol. The number of nitrogens with one attached hydrogen (secondary N) is 1. The number of benzene rings is 2. The molecule has 0 saturated heterocycles. The van der Waals surface area contributed by atoms with E-state index in [1.165, 1.54) is 5.56 Å². The SMILES string of the molecule is Cn1c(CNC(=O)CCCOc2ccc(C(C)(C)C)cc2)nc2ccccc21. The number of carbonyl (C=O) groups is 1. The highest BCUT2D eigenvalue weighted by atomic mass is 16.5. The van der Waals surface area contributed by atoms with Gasteiger partial charge in [-0.1, -0.05) is 45.0 Å². The van der Waals surface area contributed by atoms with Crippen LogP contribution in [0.25, 0.3) is 11.0 Å². The van der Waals surface area contributed by atoms with Crippen molar-refractivity contribution in [2.45, 2.75) is 45.6 Å². The fourth-order valence-electron chi connectivity index (χ4n) is 3.09. The number of rotatable bonds is 7. The number of hydrogen-bond acceptors (Lipinski definition) is 3. The third kappa shape index (κ3) is 4.91. The summed E-state index contributed by atoms with van der Waals surface area (Å²) in [6, 6.07) is 16.1. The molecule has 28 heavy (non-hydrogen) atoms. The molecule has 5 heteroatoms. The molecule has 0 aliphatic rings. The minimum absolute atomic E-state index is 0.0127. The quantitative estimate of drug-likeness (QED) is 0.621. The molecule has 2 aromatic carbocycles. The molecule has 3 aromatic rings. The van der Waals surface area contributed by atoms with E-state index in [2.05, 4.69) is 43.2 Å². The van der Waals surface area contributed by atoms with Gasteiger partial charge < -0.3 is 14.6 Å². The van der Waals surface area contributed by atoms with Crippen LogP contribution in [0, 0.1) is 0 Å². The third-order valence-electron chi connectivity index (χ3n) is 4.86. The number of nitrogens with zero attached hydrogens (tertiary/aromatic N) is 2. The zero-order chi connectivity index (χ0) is 20.1. The predicted octanol–water partition coefficient (Wildman–Crippen LogP) is 4.35. The molecule has 5 nitrogen and oxygen atoms in total. The largest absolute Gasteiger partial charge is 0.494 e. The number of hydrogen-bond donors (Lipinski definition) is 1. The van der Waals surface area contributed by atoms with Crippen molar-refractivity contribution < 1.29 is 9.53 Å². The molecule has 148 valence electrons. The second-order valence-corrected chi connectivity index (χ2v) is 8.08. The topological polar surface area (TPSA) is 56.2 Å². The Balaban J connectivity index is 1.40. The van der Waals surface area contributed by atoms with E-state index in [0.717, 1.165) is 22.6 Å². The lowest BCUT2D eigenvalue weighted by molar-refractivity contribution is -0.121. The van der Waals surface area contributed by atoms with E-state index in [4.69, 9.17) is 4.74 Å². The first-order chi connectivity index (χ1) is 13.3. The van der Waals surface area contributed by atoms with Gasteiger partial charge in [0.25, 0.3) is 0 Å². The lowest BCUT2D eigenvalue weighted by atomic mass is 9.87. The van der Waals surface area contributed by atoms with Gasteiger partial charge in [-0.05, 0) is 41.7 Å². The Bertz CT molecular complexity index is 937. The van der Waals surface area contributed by atoms with Crippen molar-refractivity contribution in [1.82, 2.24) is 14.9 Å². The summed E-state index contributed by atoms with van der Waals surface area (Å²) in [4.78, 5) is 16.7. The van der Waals surface area contributed by atoms with Crippen LogP contribution < -0.4 is 10.1 Å². The number of imidazole rings is 1. The van der Waals surface area contributed by atoms with Gasteiger partial charge in [0.2, 0.25) is 5.91 Å². The Morgan fingerprint density at radius 1 is 1.11 bits per heavy atom. The molecule has 1 heterocycles. The second kappa shape index (κ2) is 8.46. The van der Waals surface area contributed by atoms with Gasteiger partial charge in [-0.2, -0.15) is 0 Å². The summed E-state index contributed by atoms with van der Waals surface area (Å²) in [5.74, 6) is 1.71. The number of fused-ring (bicyclic) bond motifs is 1. The maximum atomic E-state index is 12.1. The van der Waals surface area contributed by atoms with Crippen LogP contribution in [0.4, 0.5) is 0 Å². The average Bonchev–Trinajstić information content (AvgIpc) is 2.99. The Labute approximate surface area is 166 Å². The van der Waals surface area contributed by atoms with Crippen LogP contribution in [0.1, 0.15) is 45.0 Å². The maximum absolute atomic E-state index is 12.1. The number of para-hydroxylation sites is 2. The summed E-state index contributed by atoms with van der Waals surface area (Å²) in [6.45, 7) is 7.52. The number of carbonyl (C=O) groups excluding carboxylic acids is 1. The molecule has 0 radical (unpaired) electrons. The van der Waals surface area contributed by atoms with Crippen molar-refractivity contribution in [3.63, 3.8) is 0 Å². The summed E-state index contributed by atoms with van der Waals surface area (Å²) in [5.41, 5.74) is 3.43. The fourth-order valence-corrected chi connectivity index (χ4v) is 3.09. The highest BCUT2D eigenvalue weighted by Gasteiger charge is 2.13. The second-order valence-electron chi connectivity index (χ2n) is 8.08. The van der Waals surface area contributed by atoms with Crippen LogP contribution in [-0.2, 0) is 23.8 Å². The van der Waals surface area contributed by atoms with Crippen molar-refractivity contribution in [3.8, 4) is 5.75 Å². The summed E-state index contributed by atoms with van der Waals surface area (Å²) in [7, 11) is 1.97. The highest BCUT2D eigenvalue weighted by Crippen LogP contribution is 2.24. The van der Waals surface area contributed by atoms with E-state index < -0.39 is 0 Å². The summed E-state index contributed by atoms with van der Waals surface area (Å²) in [5, 5.41) is 2.95. The molecule has 0 aliphatic heterocycles. The van der Waals surface area contributed by atoms with Crippen LogP contribution in [0.3, 0.4) is 0 Å². The zero-order valence-electron chi connectivity index (χ0n) is 17.2. The number of aryl methyl sites for hydroxylation is 1. The molecule has 0 bridgehead atoms. The van der Waals surface area contributed by atoms with Crippen molar-refractivity contribution in [2.75, 3.05) is 6.61 Å². The first-order valence-electron chi connectivity index (χ1n) is 9.75. The first-order valence-corrected chi connectivity index (χ1v) is 9.75. The van der Waals surface area contributed by atoms with Gasteiger partial charge in [-0.25, -0.2) is 4.98 Å². The minimum Gasteiger partial charge on any atom is -0.494 e. The smallest absolute Gasteiger partial charge is 0.220 e. The Morgan fingerprint density at radius 3 is 2.50 bits per heavy atom. The molecule has 1 aromatic heterocycles. The molecule has 0 atom stereocenters. The molecule has 0 spiro atoms. The van der Waals surface area contributed by atoms with Crippen molar-refractivity contribution >= 4 is 16.9 Å². The predicted molar refractivity (Wildman–Crippen MR) is 112 cm³/mol. The van der Waals surface area contributed by atoms with Crippen LogP contribution >= 0.6 is 0 Å². The molecule has 0 saturated carbocycles. The van der Waals surface area contributed by atoms with Gasteiger partial charge in [0.1, 0.15) is 11.6 Å². The monoisotopic (exact) mass is 379 g/mol. The van der Waals surface area contributed by atoms with Crippen LogP contribution in [0.15, 0.2) is 48.5 Å². The van der Waals surface area contributed by atoms with E-state index in [1.807, 2.05) is 48.0 Å². The lowest BCUT2D eigenvalue weighted by Gasteiger charge is -2.19. The first kappa shape index (κ1) is 19.9. The minimum atomic E-state index is 0.0127. The maximum Gasteiger partial charge on any atom is 0.220 e. The standard InChI is InChI=1S/C23H29N3O2/c1-23(2,3)17-11-13-18(14-12-17)28-15-7-10-22(27)24-16-21-25-19-8-5-6-9-20(19)26(21)4/h5-6,8-9,11-14H,7,10,15-16H2,1-4H3,(H,24,27). The molecule has 1 N–H and O–H groups in total. The summed E-state index contributed by atoms with van der Waals surface area (Å²) < 4.78 is 7.76. The van der Waals surface area contributed by atoms with Crippen molar-refractivity contribution in [3.05, 3.63) is 59.9 Å². The number of aromatic nitrogens is 2. The Hall–Kier alpha value is -2.82. The zero-order valence-corrected chi connectivity index (χ0v) is 17.2. The Kier molecular flexibility index (Phi) is 6.02. The molecule has 0 aliphatic carbocycles. The summed E-state index contributed by atoms with van der Waals surface area (Å²) in [6.07, 6.45) is 1.11. The van der Waals surface area contributed by atoms with E-state index in [1.54, 1.807) is 0 Å². The normalized spacial score (nSPS) is 11.6. The van der Waals surface area contributed by atoms with Gasteiger partial charge in [-0.3, -0.25) is 4.79 Å². The van der Waals surface area contributed by atoms with E-state index in [9.17, 15) is 4.79 Å². The van der Waals surface area contributed by atoms with Gasteiger partial charge in [-0.15, -0.1) is 0 Å². The van der Waals surface area contributed by atoms with Gasteiger partial charge in [0.15, 0.2) is 0 Å². The van der Waals surface area contributed by atoms with E-state index in [0.29, 0.717) is 26.0 Å². The van der Waals surface area contributed by atoms with Crippen LogP contribution in [-0.4, -0.2) is 22.1 Å². The van der Waals surface area contributed by atoms with Gasteiger partial charge >= 0.3 is 0 Å². The number of ether oxygens (including phenoxy) is 1. The van der Waals surface area contributed by atoms with Crippen LogP contribution in [0.5, 0.6) is 5.75 Å². The molecular weight excluding hydrogens is 350 g/mol.